The van der Waals surface area contributed by atoms with Gasteiger partial charge in [0.2, 0.25) is 11.8 Å². The van der Waals surface area contributed by atoms with Crippen LogP contribution in [0.5, 0.6) is 0 Å². The molecule has 2 N–H and O–H groups in total. The summed E-state index contributed by atoms with van der Waals surface area (Å²) in [6, 6.07) is 0.870. The van der Waals surface area contributed by atoms with Gasteiger partial charge in [0.15, 0.2) is 0 Å². The van der Waals surface area contributed by atoms with Crippen LogP contribution < -0.4 is 10.6 Å². The topological polar surface area (TPSA) is 58.2 Å². The Balaban J connectivity index is 0.875. The SMILES string of the molecule is O=C(NC1CCC(CC2CCC(NC(=O)C3CC4CCC3C4)CC2)CC1)C1CC2CCC1C2. The smallest absolute Gasteiger partial charge is 0.223 e. The number of amides is 2. The molecule has 0 aliphatic heterocycles. The summed E-state index contributed by atoms with van der Waals surface area (Å²) in [7, 11) is 0. The molecule has 4 nitrogen and oxygen atoms in total. The van der Waals surface area contributed by atoms with E-state index in [1.807, 2.05) is 0 Å². The first kappa shape index (κ1) is 22.4. The molecule has 0 spiro atoms. The van der Waals surface area contributed by atoms with E-state index >= 15 is 0 Å². The van der Waals surface area contributed by atoms with Gasteiger partial charge in [-0.3, -0.25) is 9.59 Å². The first-order valence-electron chi connectivity index (χ1n) is 14.7. The Morgan fingerprint density at radius 3 is 1.27 bits per heavy atom. The molecular weight excluding hydrogens is 408 g/mol. The summed E-state index contributed by atoms with van der Waals surface area (Å²) >= 11 is 0. The van der Waals surface area contributed by atoms with Gasteiger partial charge in [0, 0.05) is 23.9 Å². The highest BCUT2D eigenvalue weighted by Crippen LogP contribution is 2.49. The van der Waals surface area contributed by atoms with Gasteiger partial charge in [0.1, 0.15) is 0 Å². The van der Waals surface area contributed by atoms with Crippen molar-refractivity contribution in [3.63, 3.8) is 0 Å². The van der Waals surface area contributed by atoms with E-state index in [0.717, 1.165) is 36.5 Å². The zero-order valence-electron chi connectivity index (χ0n) is 20.6. The Labute approximate surface area is 200 Å². The molecular formula is C29H46N2O2. The highest BCUT2D eigenvalue weighted by molar-refractivity contribution is 5.80. The van der Waals surface area contributed by atoms with Crippen LogP contribution in [0.1, 0.15) is 109 Å². The number of carbonyl (C=O) groups is 2. The van der Waals surface area contributed by atoms with E-state index in [1.54, 1.807) is 0 Å². The van der Waals surface area contributed by atoms with Gasteiger partial charge in [-0.2, -0.15) is 0 Å². The third-order valence-electron chi connectivity index (χ3n) is 11.2. The molecule has 6 unspecified atom stereocenters. The summed E-state index contributed by atoms with van der Waals surface area (Å²) in [5.41, 5.74) is 0. The van der Waals surface area contributed by atoms with E-state index in [4.69, 9.17) is 0 Å². The quantitative estimate of drug-likeness (QED) is 0.549. The standard InChI is InChI=1S/C29H46N2O2/c32-28(26-16-20-1-7-22(26)14-20)30-24-9-3-18(4-10-24)13-19-5-11-25(12-6-19)31-29(33)27-17-21-2-8-23(27)15-21/h18-27H,1-17H2,(H,30,32)(H,31,33). The molecule has 0 saturated heterocycles. The summed E-state index contributed by atoms with van der Waals surface area (Å²) in [5, 5.41) is 6.90. The molecule has 6 aliphatic carbocycles. The summed E-state index contributed by atoms with van der Waals surface area (Å²) in [5.74, 6) is 6.23. The van der Waals surface area contributed by atoms with Crippen molar-refractivity contribution >= 4 is 11.8 Å². The normalized spacial score (nSPS) is 46.4. The van der Waals surface area contributed by atoms with Crippen LogP contribution in [0, 0.1) is 47.3 Å². The molecule has 4 bridgehead atoms. The maximum atomic E-state index is 12.8. The predicted molar refractivity (Wildman–Crippen MR) is 130 cm³/mol. The van der Waals surface area contributed by atoms with Crippen molar-refractivity contribution in [2.75, 3.05) is 0 Å². The minimum Gasteiger partial charge on any atom is -0.353 e. The minimum absolute atomic E-state index is 0.334. The average Bonchev–Trinajstić information content (AvgIpc) is 3.63. The lowest BCUT2D eigenvalue weighted by molar-refractivity contribution is -0.128. The molecule has 0 aromatic heterocycles. The molecule has 6 fully saturated rings. The van der Waals surface area contributed by atoms with Crippen molar-refractivity contribution in [1.82, 2.24) is 10.6 Å². The Bertz CT molecular complexity index is 661. The highest BCUT2D eigenvalue weighted by atomic mass is 16.2. The number of fused-ring (bicyclic) bond motifs is 4. The van der Waals surface area contributed by atoms with Crippen LogP contribution >= 0.6 is 0 Å². The molecule has 4 heteroatoms. The van der Waals surface area contributed by atoms with Gasteiger partial charge in [-0.15, -0.1) is 0 Å². The van der Waals surface area contributed by atoms with Crippen LogP contribution in [0.4, 0.5) is 0 Å². The highest BCUT2D eigenvalue weighted by Gasteiger charge is 2.44. The van der Waals surface area contributed by atoms with Gasteiger partial charge in [0.25, 0.3) is 0 Å². The van der Waals surface area contributed by atoms with Gasteiger partial charge in [-0.05, 0) is 132 Å². The second kappa shape index (κ2) is 9.53. The number of carbonyl (C=O) groups excluding carboxylic acids is 2. The molecule has 0 aromatic carbocycles. The van der Waals surface area contributed by atoms with Crippen molar-refractivity contribution in [2.45, 2.75) is 121 Å². The molecule has 2 amide bonds. The van der Waals surface area contributed by atoms with Gasteiger partial charge >= 0.3 is 0 Å². The summed E-state index contributed by atoms with van der Waals surface area (Å²) in [6.45, 7) is 0. The van der Waals surface area contributed by atoms with Crippen LogP contribution in [0.3, 0.4) is 0 Å². The number of hydrogen-bond acceptors (Lipinski definition) is 2. The molecule has 0 aromatic rings. The molecule has 33 heavy (non-hydrogen) atoms. The number of nitrogens with one attached hydrogen (secondary N) is 2. The molecule has 6 rings (SSSR count). The fraction of sp³-hybridized carbons (Fsp3) is 0.931. The van der Waals surface area contributed by atoms with Gasteiger partial charge in [0.05, 0.1) is 0 Å². The van der Waals surface area contributed by atoms with E-state index in [2.05, 4.69) is 10.6 Å². The fourth-order valence-electron chi connectivity index (χ4n) is 9.30. The van der Waals surface area contributed by atoms with E-state index < -0.39 is 0 Å². The third-order valence-corrected chi connectivity index (χ3v) is 11.2. The maximum Gasteiger partial charge on any atom is 0.223 e. The van der Waals surface area contributed by atoms with Crippen molar-refractivity contribution in [3.8, 4) is 0 Å². The van der Waals surface area contributed by atoms with Gasteiger partial charge in [-0.25, -0.2) is 0 Å². The molecule has 184 valence electrons. The second-order valence-corrected chi connectivity index (χ2v) is 13.3. The van der Waals surface area contributed by atoms with Crippen LogP contribution in [0.15, 0.2) is 0 Å². The van der Waals surface area contributed by atoms with Crippen molar-refractivity contribution < 1.29 is 9.59 Å². The van der Waals surface area contributed by atoms with Gasteiger partial charge < -0.3 is 10.6 Å². The largest absolute Gasteiger partial charge is 0.353 e. The Kier molecular flexibility index (Phi) is 6.47. The Hall–Kier alpha value is -1.06. The first-order chi connectivity index (χ1) is 16.1. The molecule has 6 saturated carbocycles. The van der Waals surface area contributed by atoms with E-state index in [1.165, 1.54) is 96.3 Å². The third kappa shape index (κ3) is 4.87. The van der Waals surface area contributed by atoms with E-state index in [-0.39, 0.29) is 0 Å². The predicted octanol–water partition coefficient (Wildman–Crippen LogP) is 5.60. The Morgan fingerprint density at radius 2 is 0.939 bits per heavy atom. The van der Waals surface area contributed by atoms with E-state index in [9.17, 15) is 9.59 Å². The average molecular weight is 455 g/mol. The van der Waals surface area contributed by atoms with Crippen LogP contribution in [0.25, 0.3) is 0 Å². The molecule has 0 heterocycles. The van der Waals surface area contributed by atoms with Gasteiger partial charge in [-0.1, -0.05) is 12.8 Å². The minimum atomic E-state index is 0.334. The monoisotopic (exact) mass is 454 g/mol. The van der Waals surface area contributed by atoms with Crippen LogP contribution in [0.2, 0.25) is 0 Å². The maximum absolute atomic E-state index is 12.8. The lowest BCUT2D eigenvalue weighted by Gasteiger charge is -2.35. The molecule has 6 atom stereocenters. The summed E-state index contributed by atoms with van der Waals surface area (Å²) < 4.78 is 0. The van der Waals surface area contributed by atoms with Crippen molar-refractivity contribution in [2.24, 2.45) is 47.3 Å². The zero-order valence-corrected chi connectivity index (χ0v) is 20.6. The van der Waals surface area contributed by atoms with Crippen LogP contribution in [-0.4, -0.2) is 23.9 Å². The summed E-state index contributed by atoms with van der Waals surface area (Å²) in [6.07, 6.45) is 21.6. The fourth-order valence-corrected chi connectivity index (χ4v) is 9.30. The summed E-state index contributed by atoms with van der Waals surface area (Å²) in [4.78, 5) is 25.6. The van der Waals surface area contributed by atoms with Crippen molar-refractivity contribution in [1.29, 1.82) is 0 Å². The lowest BCUT2D eigenvalue weighted by Crippen LogP contribution is -2.43. The lowest BCUT2D eigenvalue weighted by atomic mass is 9.75. The molecule has 6 aliphatic rings. The van der Waals surface area contributed by atoms with Crippen molar-refractivity contribution in [3.05, 3.63) is 0 Å². The Morgan fingerprint density at radius 1 is 0.515 bits per heavy atom. The number of rotatable bonds is 6. The zero-order chi connectivity index (χ0) is 22.4. The number of hydrogen-bond donors (Lipinski definition) is 2. The van der Waals surface area contributed by atoms with E-state index in [0.29, 0.717) is 47.6 Å². The first-order valence-corrected chi connectivity index (χ1v) is 14.7. The molecule has 0 radical (unpaired) electrons. The second-order valence-electron chi connectivity index (χ2n) is 13.3. The van der Waals surface area contributed by atoms with Crippen LogP contribution in [-0.2, 0) is 9.59 Å².